The van der Waals surface area contributed by atoms with Gasteiger partial charge in [0.25, 0.3) is 0 Å². The van der Waals surface area contributed by atoms with Crippen LogP contribution in [0.1, 0.15) is 43.9 Å². The van der Waals surface area contributed by atoms with Crippen molar-refractivity contribution in [1.82, 2.24) is 5.32 Å². The Morgan fingerprint density at radius 1 is 1.16 bits per heavy atom. The quantitative estimate of drug-likeness (QED) is 0.617. The summed E-state index contributed by atoms with van der Waals surface area (Å²) in [6, 6.07) is 12.3. The summed E-state index contributed by atoms with van der Waals surface area (Å²) < 4.78 is 12.7. The molecule has 0 heterocycles. The van der Waals surface area contributed by atoms with Crippen molar-refractivity contribution in [2.24, 2.45) is 0 Å². The Hall–Kier alpha value is -1.52. The first-order valence-corrected chi connectivity index (χ1v) is 9.44. The van der Waals surface area contributed by atoms with Gasteiger partial charge >= 0.3 is 0 Å². The standard InChI is InChI=1S/C21H28BrNO2/c1-6-21(3,4)23-13-17-18(22)10-11-19(24-5)20(17)25-14-16-9-7-8-15(2)12-16/h7-12,23H,6,13-14H2,1-5H3. The molecule has 0 aliphatic rings. The zero-order valence-electron chi connectivity index (χ0n) is 15.8. The second-order valence-corrected chi connectivity index (χ2v) is 7.78. The molecule has 25 heavy (non-hydrogen) atoms. The smallest absolute Gasteiger partial charge is 0.167 e. The minimum atomic E-state index is 0.0658. The Kier molecular flexibility index (Phi) is 6.91. The minimum Gasteiger partial charge on any atom is -0.493 e. The van der Waals surface area contributed by atoms with E-state index in [1.165, 1.54) is 5.56 Å². The van der Waals surface area contributed by atoms with Gasteiger partial charge in [-0.15, -0.1) is 0 Å². The average molecular weight is 406 g/mol. The molecule has 4 heteroatoms. The van der Waals surface area contributed by atoms with E-state index in [-0.39, 0.29) is 5.54 Å². The van der Waals surface area contributed by atoms with Crippen LogP contribution in [0.15, 0.2) is 40.9 Å². The van der Waals surface area contributed by atoms with Crippen LogP contribution in [0.5, 0.6) is 11.5 Å². The van der Waals surface area contributed by atoms with Gasteiger partial charge < -0.3 is 14.8 Å². The largest absolute Gasteiger partial charge is 0.493 e. The first-order chi connectivity index (χ1) is 11.9. The number of ether oxygens (including phenoxy) is 2. The fraction of sp³-hybridized carbons (Fsp3) is 0.429. The Morgan fingerprint density at radius 2 is 1.92 bits per heavy atom. The summed E-state index contributed by atoms with van der Waals surface area (Å²) in [5, 5.41) is 3.60. The summed E-state index contributed by atoms with van der Waals surface area (Å²) in [7, 11) is 1.68. The van der Waals surface area contributed by atoms with Crippen LogP contribution >= 0.6 is 15.9 Å². The highest BCUT2D eigenvalue weighted by molar-refractivity contribution is 9.10. The lowest BCUT2D eigenvalue weighted by Gasteiger charge is -2.26. The number of hydrogen-bond acceptors (Lipinski definition) is 3. The van der Waals surface area contributed by atoms with E-state index in [2.05, 4.69) is 73.2 Å². The number of nitrogens with one attached hydrogen (secondary N) is 1. The lowest BCUT2D eigenvalue weighted by molar-refractivity contribution is 0.277. The maximum absolute atomic E-state index is 6.18. The Morgan fingerprint density at radius 3 is 2.56 bits per heavy atom. The molecule has 0 unspecified atom stereocenters. The molecule has 1 N–H and O–H groups in total. The summed E-state index contributed by atoms with van der Waals surface area (Å²) in [4.78, 5) is 0. The third-order valence-corrected chi connectivity index (χ3v) is 5.22. The lowest BCUT2D eigenvalue weighted by atomic mass is 10.0. The summed E-state index contributed by atoms with van der Waals surface area (Å²) in [5.41, 5.74) is 3.52. The number of benzene rings is 2. The third-order valence-electron chi connectivity index (χ3n) is 4.48. The summed E-state index contributed by atoms with van der Waals surface area (Å²) in [6.45, 7) is 9.90. The van der Waals surface area contributed by atoms with Gasteiger partial charge in [0.1, 0.15) is 6.61 Å². The zero-order valence-corrected chi connectivity index (χ0v) is 17.4. The third kappa shape index (κ3) is 5.48. The van der Waals surface area contributed by atoms with Crippen LogP contribution in [-0.2, 0) is 13.2 Å². The van der Waals surface area contributed by atoms with E-state index in [1.807, 2.05) is 12.1 Å². The highest BCUT2D eigenvalue weighted by Crippen LogP contribution is 2.37. The molecular weight excluding hydrogens is 378 g/mol. The fourth-order valence-electron chi connectivity index (χ4n) is 2.48. The maximum Gasteiger partial charge on any atom is 0.167 e. The Labute approximate surface area is 159 Å². The van der Waals surface area contributed by atoms with Crippen molar-refractivity contribution in [3.63, 3.8) is 0 Å². The molecule has 2 aromatic rings. The van der Waals surface area contributed by atoms with Crippen molar-refractivity contribution in [2.75, 3.05) is 7.11 Å². The first kappa shape index (κ1) is 19.8. The molecule has 2 rings (SSSR count). The van der Waals surface area contributed by atoms with Gasteiger partial charge in [-0.2, -0.15) is 0 Å². The minimum absolute atomic E-state index is 0.0658. The normalized spacial score (nSPS) is 11.4. The molecular formula is C21H28BrNO2. The zero-order chi connectivity index (χ0) is 18.4. The molecule has 0 amide bonds. The van der Waals surface area contributed by atoms with E-state index < -0.39 is 0 Å². The molecule has 136 valence electrons. The number of aryl methyl sites for hydroxylation is 1. The molecule has 0 aliphatic heterocycles. The van der Waals surface area contributed by atoms with Gasteiger partial charge in [-0.05, 0) is 44.9 Å². The van der Waals surface area contributed by atoms with Gasteiger partial charge in [0.15, 0.2) is 11.5 Å². The van der Waals surface area contributed by atoms with E-state index in [0.717, 1.165) is 33.5 Å². The molecule has 0 radical (unpaired) electrons. The number of rotatable bonds is 8. The van der Waals surface area contributed by atoms with Crippen molar-refractivity contribution in [1.29, 1.82) is 0 Å². The van der Waals surface area contributed by atoms with E-state index in [9.17, 15) is 0 Å². The predicted molar refractivity (Wildman–Crippen MR) is 107 cm³/mol. The van der Waals surface area contributed by atoms with Crippen molar-refractivity contribution >= 4 is 15.9 Å². The van der Waals surface area contributed by atoms with Crippen LogP contribution in [0.2, 0.25) is 0 Å². The second kappa shape index (κ2) is 8.72. The maximum atomic E-state index is 6.18. The van der Waals surface area contributed by atoms with Crippen LogP contribution in [-0.4, -0.2) is 12.6 Å². The van der Waals surface area contributed by atoms with Crippen molar-refractivity contribution in [3.05, 3.63) is 57.6 Å². The van der Waals surface area contributed by atoms with E-state index in [0.29, 0.717) is 13.2 Å². The predicted octanol–water partition coefficient (Wildman–Crippen LogP) is 5.62. The number of hydrogen-bond donors (Lipinski definition) is 1. The van der Waals surface area contributed by atoms with E-state index in [4.69, 9.17) is 9.47 Å². The van der Waals surface area contributed by atoms with E-state index in [1.54, 1.807) is 7.11 Å². The summed E-state index contributed by atoms with van der Waals surface area (Å²) >= 11 is 3.66. The average Bonchev–Trinajstić information content (AvgIpc) is 2.59. The molecule has 3 nitrogen and oxygen atoms in total. The molecule has 0 spiro atoms. The van der Waals surface area contributed by atoms with Crippen molar-refractivity contribution in [2.45, 2.75) is 52.8 Å². The Bertz CT molecular complexity index is 713. The van der Waals surface area contributed by atoms with Crippen LogP contribution < -0.4 is 14.8 Å². The van der Waals surface area contributed by atoms with Gasteiger partial charge in [0.2, 0.25) is 0 Å². The van der Waals surface area contributed by atoms with Crippen molar-refractivity contribution < 1.29 is 9.47 Å². The monoisotopic (exact) mass is 405 g/mol. The van der Waals surface area contributed by atoms with Crippen LogP contribution in [0.25, 0.3) is 0 Å². The molecule has 2 aromatic carbocycles. The molecule has 0 fully saturated rings. The lowest BCUT2D eigenvalue weighted by Crippen LogP contribution is -2.38. The molecule has 0 aromatic heterocycles. The molecule has 0 saturated carbocycles. The second-order valence-electron chi connectivity index (χ2n) is 6.93. The number of methoxy groups -OCH3 is 1. The van der Waals surface area contributed by atoms with Gasteiger partial charge in [-0.25, -0.2) is 0 Å². The molecule has 0 aliphatic carbocycles. The highest BCUT2D eigenvalue weighted by Gasteiger charge is 2.19. The van der Waals surface area contributed by atoms with Crippen LogP contribution in [0.3, 0.4) is 0 Å². The fourth-order valence-corrected chi connectivity index (χ4v) is 2.93. The molecule has 0 saturated heterocycles. The van der Waals surface area contributed by atoms with Gasteiger partial charge in [-0.1, -0.05) is 52.7 Å². The molecule has 0 atom stereocenters. The number of halogens is 1. The molecule has 0 bridgehead atoms. The highest BCUT2D eigenvalue weighted by atomic mass is 79.9. The van der Waals surface area contributed by atoms with Crippen LogP contribution in [0.4, 0.5) is 0 Å². The SMILES string of the molecule is CCC(C)(C)NCc1c(Br)ccc(OC)c1OCc1cccc(C)c1. The topological polar surface area (TPSA) is 30.5 Å². The van der Waals surface area contributed by atoms with Gasteiger partial charge in [0, 0.05) is 22.1 Å². The van der Waals surface area contributed by atoms with Gasteiger partial charge in [-0.3, -0.25) is 0 Å². The van der Waals surface area contributed by atoms with Crippen molar-refractivity contribution in [3.8, 4) is 11.5 Å². The van der Waals surface area contributed by atoms with Gasteiger partial charge in [0.05, 0.1) is 7.11 Å². The summed E-state index contributed by atoms with van der Waals surface area (Å²) in [5.74, 6) is 1.54. The summed E-state index contributed by atoms with van der Waals surface area (Å²) in [6.07, 6.45) is 1.05. The first-order valence-electron chi connectivity index (χ1n) is 8.65. The van der Waals surface area contributed by atoms with Crippen LogP contribution in [0, 0.1) is 6.92 Å². The Balaban J connectivity index is 2.26. The van der Waals surface area contributed by atoms with E-state index >= 15 is 0 Å².